The first-order valence-electron chi connectivity index (χ1n) is 8.13. The number of rotatable bonds is 14. The molecule has 0 bridgehead atoms. The van der Waals surface area contributed by atoms with Gasteiger partial charge in [-0.05, 0) is 12.8 Å². The van der Waals surface area contributed by atoms with E-state index in [0.29, 0.717) is 12.8 Å². The molecule has 10 heteroatoms. The van der Waals surface area contributed by atoms with Crippen molar-refractivity contribution < 1.29 is 40.4 Å². The number of unbranched alkanes of at least 4 members (excludes halogenated alkanes) is 2. The Morgan fingerprint density at radius 2 is 1.35 bits per heavy atom. The summed E-state index contributed by atoms with van der Waals surface area (Å²) in [5.74, 6) is -1.58. The third-order valence-electron chi connectivity index (χ3n) is 2.92. The van der Waals surface area contributed by atoms with Crippen molar-refractivity contribution in [2.45, 2.75) is 65.0 Å². The Morgan fingerprint density at radius 3 is 1.62 bits per heavy atom. The average Bonchev–Trinajstić information content (AvgIpc) is 2.56. The van der Waals surface area contributed by atoms with Crippen molar-refractivity contribution in [2.75, 3.05) is 0 Å². The van der Waals surface area contributed by atoms with Crippen LogP contribution in [0.15, 0.2) is 25.3 Å². The molecule has 0 saturated carbocycles. The minimum atomic E-state index is -4.64. The molecule has 0 radical (unpaired) electrons. The first-order valence-corrected chi connectivity index (χ1v) is 9.63. The van der Waals surface area contributed by atoms with Gasteiger partial charge in [-0.15, -0.1) is 0 Å². The number of carbonyl (C=O) groups excluding carboxylic acids is 2. The molecule has 2 unspecified atom stereocenters. The van der Waals surface area contributed by atoms with Crippen LogP contribution < -0.4 is 0 Å². The van der Waals surface area contributed by atoms with E-state index in [1.54, 1.807) is 0 Å². The Kier molecular flexibility index (Phi) is 16.3. The van der Waals surface area contributed by atoms with Gasteiger partial charge < -0.3 is 17.2 Å². The van der Waals surface area contributed by atoms with Crippen molar-refractivity contribution in [3.8, 4) is 0 Å². The molecule has 0 rings (SSSR count). The molecule has 0 fully saturated rings. The normalized spacial score (nSPS) is 14.9. The summed E-state index contributed by atoms with van der Waals surface area (Å²) in [7, 11) is -4.64. The van der Waals surface area contributed by atoms with E-state index in [2.05, 4.69) is 13.2 Å². The molecule has 8 nitrogen and oxygen atoms in total. The second-order valence-electron chi connectivity index (χ2n) is 5.10. The van der Waals surface area contributed by atoms with Gasteiger partial charge in [-0.25, -0.2) is 23.2 Å². The number of carbonyl (C=O) groups is 2. The van der Waals surface area contributed by atoms with E-state index in [9.17, 15) is 19.0 Å². The molecule has 0 spiro atoms. The monoisotopic (exact) mass is 404 g/mol. The van der Waals surface area contributed by atoms with Gasteiger partial charge in [-0.1, -0.05) is 39.8 Å². The molecule has 148 valence electrons. The Labute approximate surface area is 173 Å². The minimum Gasteiger partial charge on any atom is -1.00 e. The van der Waals surface area contributed by atoms with Gasteiger partial charge in [-0.2, -0.15) is 0 Å². The maximum Gasteiger partial charge on any atom is 2.00 e. The van der Waals surface area contributed by atoms with E-state index in [1.165, 1.54) is 0 Å². The van der Waals surface area contributed by atoms with E-state index in [1.807, 2.05) is 13.8 Å². The Morgan fingerprint density at radius 1 is 1.00 bits per heavy atom. The van der Waals surface area contributed by atoms with Crippen LogP contribution in [0.3, 0.4) is 0 Å². The van der Waals surface area contributed by atoms with Crippen LogP contribution in [-0.2, 0) is 32.7 Å². The van der Waals surface area contributed by atoms with E-state index < -0.39 is 32.3 Å². The van der Waals surface area contributed by atoms with Gasteiger partial charge in [0, 0.05) is 25.0 Å². The standard InChI is InChI=1S/C16H27O8P.Mg.2H/c1-5-9-11-15(21-13(17)7-3)23-25(19,20)24-16(12-10-6-2)22-14(18)8-4;;;/h7-8,15-16H,3-6,9-12H2,1-2H3,(H,19,20);;;/q;+2;2*-1. The SMILES string of the molecule is C=CC(=O)OC(CCCC)OP(=O)(O)OC(CCCC)OC(=O)C=C.[H-].[H-].[Mg+2]. The molecule has 26 heavy (non-hydrogen) atoms. The van der Waals surface area contributed by atoms with Crippen molar-refractivity contribution in [3.63, 3.8) is 0 Å². The quantitative estimate of drug-likeness (QED) is 0.154. The van der Waals surface area contributed by atoms with Gasteiger partial charge >= 0.3 is 42.8 Å². The molecule has 0 aromatic rings. The summed E-state index contributed by atoms with van der Waals surface area (Å²) in [4.78, 5) is 32.5. The third-order valence-corrected chi connectivity index (χ3v) is 3.92. The van der Waals surface area contributed by atoms with Crippen molar-refractivity contribution in [1.29, 1.82) is 0 Å². The summed E-state index contributed by atoms with van der Waals surface area (Å²) in [6.45, 7) is 10.3. The van der Waals surface area contributed by atoms with Crippen LogP contribution in [0.5, 0.6) is 0 Å². The first-order chi connectivity index (χ1) is 11.8. The molecule has 0 aromatic heterocycles. The van der Waals surface area contributed by atoms with Crippen LogP contribution in [-0.4, -0.2) is 52.5 Å². The van der Waals surface area contributed by atoms with E-state index in [-0.39, 0.29) is 38.7 Å². The van der Waals surface area contributed by atoms with Gasteiger partial charge in [0.05, 0.1) is 0 Å². The van der Waals surface area contributed by atoms with Crippen LogP contribution in [0, 0.1) is 0 Å². The summed E-state index contributed by atoms with van der Waals surface area (Å²) in [5.41, 5.74) is 0. The van der Waals surface area contributed by atoms with E-state index >= 15 is 0 Å². The fourth-order valence-corrected chi connectivity index (χ4v) is 2.63. The van der Waals surface area contributed by atoms with Crippen molar-refractivity contribution in [2.24, 2.45) is 0 Å². The predicted molar refractivity (Wildman–Crippen MR) is 99.2 cm³/mol. The summed E-state index contributed by atoms with van der Waals surface area (Å²) in [6.07, 6.45) is 2.41. The summed E-state index contributed by atoms with van der Waals surface area (Å²) in [6, 6.07) is 0. The zero-order chi connectivity index (χ0) is 19.3. The van der Waals surface area contributed by atoms with Gasteiger partial charge in [-0.3, -0.25) is 0 Å². The van der Waals surface area contributed by atoms with Gasteiger partial charge in [0.2, 0.25) is 12.6 Å². The first kappa shape index (κ1) is 27.5. The van der Waals surface area contributed by atoms with Crippen molar-refractivity contribution in [3.05, 3.63) is 25.3 Å². The Balaban J connectivity index is -0.000000960. The fourth-order valence-electron chi connectivity index (χ4n) is 1.69. The molecule has 0 amide bonds. The van der Waals surface area contributed by atoms with Crippen molar-refractivity contribution in [1.82, 2.24) is 0 Å². The molecular formula is C16H29MgO8P. The molecule has 0 saturated heterocycles. The fraction of sp³-hybridized carbons (Fsp3) is 0.625. The largest absolute Gasteiger partial charge is 2.00 e. The summed E-state index contributed by atoms with van der Waals surface area (Å²) in [5, 5.41) is 0. The van der Waals surface area contributed by atoms with Crippen LogP contribution in [0.1, 0.15) is 55.2 Å². The number of hydrogen-bond acceptors (Lipinski definition) is 7. The van der Waals surface area contributed by atoms with Crippen molar-refractivity contribution >= 4 is 42.8 Å². The molecular weight excluding hydrogens is 375 g/mol. The van der Waals surface area contributed by atoms with Gasteiger partial charge in [0.15, 0.2) is 0 Å². The molecule has 0 aromatic carbocycles. The number of phosphoric ester groups is 1. The maximum atomic E-state index is 12.2. The molecule has 0 aliphatic rings. The molecule has 2 atom stereocenters. The second-order valence-corrected chi connectivity index (χ2v) is 6.46. The van der Waals surface area contributed by atoms with E-state index in [4.69, 9.17) is 18.5 Å². The zero-order valence-corrected chi connectivity index (χ0v) is 17.7. The summed E-state index contributed by atoms with van der Waals surface area (Å²) >= 11 is 0. The predicted octanol–water partition coefficient (Wildman–Crippen LogP) is 3.46. The van der Waals surface area contributed by atoms with Crippen LogP contribution in [0.25, 0.3) is 0 Å². The third kappa shape index (κ3) is 13.5. The van der Waals surface area contributed by atoms with Gasteiger partial charge in [0.25, 0.3) is 0 Å². The zero-order valence-electron chi connectivity index (χ0n) is 17.4. The number of ether oxygens (including phenoxy) is 2. The summed E-state index contributed by atoms with van der Waals surface area (Å²) < 4.78 is 31.8. The minimum absolute atomic E-state index is 0. The van der Waals surface area contributed by atoms with Crippen LogP contribution >= 0.6 is 7.82 Å². The molecule has 0 aliphatic heterocycles. The van der Waals surface area contributed by atoms with Crippen LogP contribution in [0.2, 0.25) is 0 Å². The smallest absolute Gasteiger partial charge is 1.00 e. The topological polar surface area (TPSA) is 108 Å². The maximum absolute atomic E-state index is 12.2. The number of hydrogen-bond donors (Lipinski definition) is 1. The number of esters is 2. The Bertz CT molecular complexity index is 467. The molecule has 1 N–H and O–H groups in total. The number of phosphoric acid groups is 1. The van der Waals surface area contributed by atoms with Gasteiger partial charge in [0.1, 0.15) is 0 Å². The van der Waals surface area contributed by atoms with E-state index in [0.717, 1.165) is 25.0 Å². The Hall–Kier alpha value is -0.704. The average molecular weight is 405 g/mol. The molecule has 0 aliphatic carbocycles. The molecule has 0 heterocycles. The second kappa shape index (κ2) is 15.4. The van der Waals surface area contributed by atoms with Crippen LogP contribution in [0.4, 0.5) is 0 Å².